The summed E-state index contributed by atoms with van der Waals surface area (Å²) >= 11 is 0. The zero-order valence-corrected chi connectivity index (χ0v) is 9.73. The average Bonchev–Trinajstić information content (AvgIpc) is 2.21. The van der Waals surface area contributed by atoms with Gasteiger partial charge >= 0.3 is 6.18 Å². The standard InChI is InChI=1S/C10H20F3NO2/c1-3-9(2,7-15)6-14-4-5-16-8-10(11,12)13/h14-15H,3-8H2,1-2H3. The van der Waals surface area contributed by atoms with E-state index in [1.807, 2.05) is 13.8 Å². The third-order valence-electron chi connectivity index (χ3n) is 2.48. The Hall–Kier alpha value is -0.330. The minimum atomic E-state index is -4.26. The van der Waals surface area contributed by atoms with Crippen LogP contribution in [0.25, 0.3) is 0 Å². The zero-order valence-electron chi connectivity index (χ0n) is 9.73. The van der Waals surface area contributed by atoms with Crippen LogP contribution in [-0.2, 0) is 4.74 Å². The maximum atomic E-state index is 11.7. The van der Waals surface area contributed by atoms with E-state index in [1.54, 1.807) is 0 Å². The number of halogens is 3. The molecule has 0 heterocycles. The predicted octanol–water partition coefficient (Wildman–Crippen LogP) is 1.56. The van der Waals surface area contributed by atoms with Gasteiger partial charge in [-0.25, -0.2) is 0 Å². The van der Waals surface area contributed by atoms with E-state index >= 15 is 0 Å². The molecule has 0 aromatic heterocycles. The van der Waals surface area contributed by atoms with Gasteiger partial charge in [0.25, 0.3) is 0 Å². The van der Waals surface area contributed by atoms with Crippen molar-refractivity contribution in [2.75, 3.05) is 32.9 Å². The molecule has 3 nitrogen and oxygen atoms in total. The highest BCUT2D eigenvalue weighted by Crippen LogP contribution is 2.18. The lowest BCUT2D eigenvalue weighted by Crippen LogP contribution is -2.36. The van der Waals surface area contributed by atoms with Gasteiger partial charge in [0.2, 0.25) is 0 Å². The van der Waals surface area contributed by atoms with Gasteiger partial charge < -0.3 is 15.2 Å². The summed E-state index contributed by atoms with van der Waals surface area (Å²) in [5.74, 6) is 0. The Labute approximate surface area is 94.0 Å². The molecule has 0 aromatic rings. The van der Waals surface area contributed by atoms with Crippen LogP contribution in [0, 0.1) is 5.41 Å². The molecule has 6 heteroatoms. The fourth-order valence-corrected chi connectivity index (χ4v) is 1.02. The van der Waals surface area contributed by atoms with Crippen molar-refractivity contribution in [3.05, 3.63) is 0 Å². The molecule has 0 rings (SSSR count). The van der Waals surface area contributed by atoms with Crippen LogP contribution in [0.1, 0.15) is 20.3 Å². The molecular formula is C10H20F3NO2. The number of aliphatic hydroxyl groups is 1. The summed E-state index contributed by atoms with van der Waals surface area (Å²) in [6.07, 6.45) is -3.46. The number of rotatable bonds is 8. The van der Waals surface area contributed by atoms with Crippen molar-refractivity contribution in [3.63, 3.8) is 0 Å². The molecule has 0 spiro atoms. The Morgan fingerprint density at radius 2 is 1.94 bits per heavy atom. The summed E-state index contributed by atoms with van der Waals surface area (Å²) in [5, 5.41) is 12.0. The minimum Gasteiger partial charge on any atom is -0.396 e. The molecule has 0 saturated heterocycles. The van der Waals surface area contributed by atoms with Gasteiger partial charge in [-0.15, -0.1) is 0 Å². The van der Waals surface area contributed by atoms with Crippen molar-refractivity contribution >= 4 is 0 Å². The van der Waals surface area contributed by atoms with Crippen LogP contribution in [-0.4, -0.2) is 44.2 Å². The van der Waals surface area contributed by atoms with E-state index in [0.29, 0.717) is 13.1 Å². The summed E-state index contributed by atoms with van der Waals surface area (Å²) in [6.45, 7) is 3.65. The summed E-state index contributed by atoms with van der Waals surface area (Å²) in [5.41, 5.74) is -0.218. The highest BCUT2D eigenvalue weighted by molar-refractivity contribution is 4.73. The van der Waals surface area contributed by atoms with Gasteiger partial charge in [0.05, 0.1) is 6.61 Å². The van der Waals surface area contributed by atoms with Crippen LogP contribution in [0.2, 0.25) is 0 Å². The molecule has 0 aliphatic carbocycles. The molecule has 0 bridgehead atoms. The van der Waals surface area contributed by atoms with Crippen molar-refractivity contribution in [1.82, 2.24) is 5.32 Å². The summed E-state index contributed by atoms with van der Waals surface area (Å²) < 4.78 is 39.5. The quantitative estimate of drug-likeness (QED) is 0.636. The zero-order chi connectivity index (χ0) is 12.7. The Bertz CT molecular complexity index is 181. The maximum Gasteiger partial charge on any atom is 0.411 e. The van der Waals surface area contributed by atoms with Gasteiger partial charge in [0.15, 0.2) is 0 Å². The van der Waals surface area contributed by atoms with E-state index in [1.165, 1.54) is 0 Å². The van der Waals surface area contributed by atoms with Gasteiger partial charge in [-0.3, -0.25) is 0 Å². The lowest BCUT2D eigenvalue weighted by atomic mass is 9.89. The minimum absolute atomic E-state index is 0.0186. The number of nitrogens with one attached hydrogen (secondary N) is 1. The van der Waals surface area contributed by atoms with Crippen LogP contribution in [0.3, 0.4) is 0 Å². The summed E-state index contributed by atoms with van der Waals surface area (Å²) in [4.78, 5) is 0. The summed E-state index contributed by atoms with van der Waals surface area (Å²) in [6, 6.07) is 0. The average molecular weight is 243 g/mol. The fraction of sp³-hybridized carbons (Fsp3) is 1.00. The molecule has 0 amide bonds. The van der Waals surface area contributed by atoms with E-state index in [4.69, 9.17) is 5.11 Å². The smallest absolute Gasteiger partial charge is 0.396 e. The third-order valence-corrected chi connectivity index (χ3v) is 2.48. The lowest BCUT2D eigenvalue weighted by molar-refractivity contribution is -0.173. The van der Waals surface area contributed by atoms with Crippen molar-refractivity contribution in [1.29, 1.82) is 0 Å². The second-order valence-corrected chi connectivity index (χ2v) is 4.17. The maximum absolute atomic E-state index is 11.7. The van der Waals surface area contributed by atoms with E-state index in [-0.39, 0.29) is 18.6 Å². The second-order valence-electron chi connectivity index (χ2n) is 4.17. The first-order valence-corrected chi connectivity index (χ1v) is 5.29. The largest absolute Gasteiger partial charge is 0.411 e. The number of ether oxygens (including phenoxy) is 1. The Morgan fingerprint density at radius 1 is 1.31 bits per heavy atom. The van der Waals surface area contributed by atoms with Crippen LogP contribution < -0.4 is 5.32 Å². The molecule has 2 N–H and O–H groups in total. The molecule has 1 atom stereocenters. The second kappa shape index (κ2) is 7.09. The van der Waals surface area contributed by atoms with Crippen LogP contribution in [0.4, 0.5) is 13.2 Å². The first-order chi connectivity index (χ1) is 7.33. The molecule has 0 aliphatic heterocycles. The molecule has 0 saturated carbocycles. The molecule has 0 aliphatic rings. The van der Waals surface area contributed by atoms with Gasteiger partial charge in [0, 0.05) is 25.1 Å². The van der Waals surface area contributed by atoms with Crippen molar-refractivity contribution in [3.8, 4) is 0 Å². The summed E-state index contributed by atoms with van der Waals surface area (Å²) in [7, 11) is 0. The molecule has 16 heavy (non-hydrogen) atoms. The Morgan fingerprint density at radius 3 is 2.38 bits per heavy atom. The van der Waals surface area contributed by atoms with Gasteiger partial charge in [0.1, 0.15) is 6.61 Å². The third kappa shape index (κ3) is 7.90. The first-order valence-electron chi connectivity index (χ1n) is 5.29. The topological polar surface area (TPSA) is 41.5 Å². The van der Waals surface area contributed by atoms with E-state index in [0.717, 1.165) is 6.42 Å². The van der Waals surface area contributed by atoms with Gasteiger partial charge in [-0.1, -0.05) is 13.8 Å². The Balaban J connectivity index is 3.47. The van der Waals surface area contributed by atoms with Crippen molar-refractivity contribution < 1.29 is 23.0 Å². The normalized spacial score (nSPS) is 16.1. The van der Waals surface area contributed by atoms with Crippen LogP contribution in [0.5, 0.6) is 0 Å². The van der Waals surface area contributed by atoms with E-state index in [2.05, 4.69) is 10.1 Å². The Kier molecular flexibility index (Phi) is 6.94. The molecule has 0 fully saturated rings. The van der Waals surface area contributed by atoms with Crippen LogP contribution >= 0.6 is 0 Å². The fourth-order valence-electron chi connectivity index (χ4n) is 1.02. The van der Waals surface area contributed by atoms with Crippen molar-refractivity contribution in [2.45, 2.75) is 26.4 Å². The van der Waals surface area contributed by atoms with Crippen LogP contribution in [0.15, 0.2) is 0 Å². The predicted molar refractivity (Wildman–Crippen MR) is 55.2 cm³/mol. The molecule has 0 aromatic carbocycles. The number of hydrogen-bond donors (Lipinski definition) is 2. The highest BCUT2D eigenvalue weighted by Gasteiger charge is 2.27. The molecule has 98 valence electrons. The number of hydrogen-bond acceptors (Lipinski definition) is 3. The lowest BCUT2D eigenvalue weighted by Gasteiger charge is -2.25. The monoisotopic (exact) mass is 243 g/mol. The first kappa shape index (κ1) is 15.7. The highest BCUT2D eigenvalue weighted by atomic mass is 19.4. The van der Waals surface area contributed by atoms with E-state index in [9.17, 15) is 13.2 Å². The molecule has 0 radical (unpaired) electrons. The van der Waals surface area contributed by atoms with E-state index < -0.39 is 12.8 Å². The van der Waals surface area contributed by atoms with Gasteiger partial charge in [-0.2, -0.15) is 13.2 Å². The van der Waals surface area contributed by atoms with Gasteiger partial charge in [-0.05, 0) is 6.42 Å². The SMILES string of the molecule is CCC(C)(CO)CNCCOCC(F)(F)F. The number of aliphatic hydroxyl groups excluding tert-OH is 1. The van der Waals surface area contributed by atoms with Crippen molar-refractivity contribution in [2.24, 2.45) is 5.41 Å². The molecular weight excluding hydrogens is 223 g/mol. The number of alkyl halides is 3. The molecule has 1 unspecified atom stereocenters.